The summed E-state index contributed by atoms with van der Waals surface area (Å²) in [6.45, 7) is 4.22. The number of nitrogens with one attached hydrogen (secondary N) is 1. The Balaban J connectivity index is 2.23. The average molecular weight is 277 g/mol. The number of rotatable bonds is 6. The minimum atomic E-state index is 0.0788. The lowest BCUT2D eigenvalue weighted by Gasteiger charge is -2.43. The summed E-state index contributed by atoms with van der Waals surface area (Å²) in [5.41, 5.74) is 3.80. The van der Waals surface area contributed by atoms with Crippen LogP contribution in [0.2, 0.25) is 0 Å². The largest absolute Gasteiger partial charge is 0.496 e. The maximum Gasteiger partial charge on any atom is 0.124 e. The van der Waals surface area contributed by atoms with Gasteiger partial charge in [-0.05, 0) is 63.3 Å². The maximum absolute atomic E-state index is 5.77. The lowest BCUT2D eigenvalue weighted by molar-refractivity contribution is -0.0834. The summed E-state index contributed by atoms with van der Waals surface area (Å²) in [7, 11) is 5.61. The zero-order chi connectivity index (χ0) is 14.8. The zero-order valence-corrected chi connectivity index (χ0v) is 13.4. The molecule has 1 aromatic rings. The molecule has 0 bridgehead atoms. The van der Waals surface area contributed by atoms with Crippen molar-refractivity contribution in [3.8, 4) is 5.75 Å². The molecule has 20 heavy (non-hydrogen) atoms. The van der Waals surface area contributed by atoms with Gasteiger partial charge in [-0.2, -0.15) is 0 Å². The van der Waals surface area contributed by atoms with Gasteiger partial charge in [0.1, 0.15) is 5.75 Å². The van der Waals surface area contributed by atoms with Crippen molar-refractivity contribution in [1.82, 2.24) is 5.32 Å². The van der Waals surface area contributed by atoms with Crippen LogP contribution in [0.3, 0.4) is 0 Å². The van der Waals surface area contributed by atoms with Crippen LogP contribution in [0.5, 0.6) is 5.75 Å². The highest BCUT2D eigenvalue weighted by Crippen LogP contribution is 2.42. The monoisotopic (exact) mass is 277 g/mol. The Kier molecular flexibility index (Phi) is 4.71. The molecule has 1 unspecified atom stereocenters. The van der Waals surface area contributed by atoms with Crippen molar-refractivity contribution in [2.75, 3.05) is 21.3 Å². The summed E-state index contributed by atoms with van der Waals surface area (Å²) in [5.74, 6) is 0.994. The summed E-state index contributed by atoms with van der Waals surface area (Å²) in [6.07, 6.45) is 4.67. The molecule has 0 aromatic heterocycles. The van der Waals surface area contributed by atoms with Gasteiger partial charge in [0.25, 0.3) is 0 Å². The molecule has 1 fully saturated rings. The van der Waals surface area contributed by atoms with Crippen LogP contribution in [0.25, 0.3) is 0 Å². The van der Waals surface area contributed by atoms with Crippen LogP contribution in [0.4, 0.5) is 0 Å². The Bertz CT molecular complexity index is 438. The average Bonchev–Trinajstić information content (AvgIpc) is 2.38. The fourth-order valence-corrected chi connectivity index (χ4v) is 3.33. The van der Waals surface area contributed by atoms with E-state index >= 15 is 0 Å². The Morgan fingerprint density at radius 2 is 1.80 bits per heavy atom. The summed E-state index contributed by atoms with van der Waals surface area (Å²) < 4.78 is 11.2. The van der Waals surface area contributed by atoms with Gasteiger partial charge in [0, 0.05) is 13.2 Å². The third-order valence-electron chi connectivity index (χ3n) is 4.71. The lowest BCUT2D eigenvalue weighted by atomic mass is 9.74. The maximum atomic E-state index is 5.77. The Morgan fingerprint density at radius 3 is 2.15 bits per heavy atom. The molecule has 1 aliphatic carbocycles. The fraction of sp³-hybridized carbons (Fsp3) is 0.647. The van der Waals surface area contributed by atoms with Crippen molar-refractivity contribution in [3.05, 3.63) is 28.8 Å². The van der Waals surface area contributed by atoms with Gasteiger partial charge < -0.3 is 14.8 Å². The smallest absolute Gasteiger partial charge is 0.124 e. The van der Waals surface area contributed by atoms with Crippen LogP contribution in [-0.4, -0.2) is 26.9 Å². The Hall–Kier alpha value is -1.06. The number of ether oxygens (including phenoxy) is 2. The second-order valence-electron chi connectivity index (χ2n) is 5.97. The van der Waals surface area contributed by atoms with Gasteiger partial charge in [-0.3, -0.25) is 0 Å². The number of benzene rings is 1. The molecule has 0 amide bonds. The molecule has 1 aliphatic rings. The van der Waals surface area contributed by atoms with Gasteiger partial charge in [0.2, 0.25) is 0 Å². The Morgan fingerprint density at radius 1 is 1.20 bits per heavy atom. The zero-order valence-electron chi connectivity index (χ0n) is 13.4. The highest BCUT2D eigenvalue weighted by Gasteiger charge is 2.39. The first kappa shape index (κ1) is 15.3. The van der Waals surface area contributed by atoms with E-state index in [1.54, 1.807) is 7.11 Å². The number of methoxy groups -OCH3 is 2. The van der Waals surface area contributed by atoms with Crippen molar-refractivity contribution < 1.29 is 9.47 Å². The van der Waals surface area contributed by atoms with Gasteiger partial charge in [-0.15, -0.1) is 0 Å². The van der Waals surface area contributed by atoms with E-state index in [-0.39, 0.29) is 5.60 Å². The molecule has 3 nitrogen and oxygen atoms in total. The van der Waals surface area contributed by atoms with Gasteiger partial charge in [-0.1, -0.05) is 12.1 Å². The first-order valence-electron chi connectivity index (χ1n) is 7.43. The minimum absolute atomic E-state index is 0.0788. The van der Waals surface area contributed by atoms with Gasteiger partial charge >= 0.3 is 0 Å². The molecule has 1 aromatic carbocycles. The molecular weight excluding hydrogens is 250 g/mol. The van der Waals surface area contributed by atoms with E-state index in [9.17, 15) is 0 Å². The molecule has 0 spiro atoms. The van der Waals surface area contributed by atoms with Crippen molar-refractivity contribution in [3.63, 3.8) is 0 Å². The predicted octanol–water partition coefficient (Wildman–Crippen LogP) is 3.53. The molecule has 1 atom stereocenters. The normalized spacial score (nSPS) is 18.4. The third-order valence-corrected chi connectivity index (χ3v) is 4.71. The summed E-state index contributed by atoms with van der Waals surface area (Å²) in [5, 5.41) is 3.45. The topological polar surface area (TPSA) is 30.5 Å². The van der Waals surface area contributed by atoms with Crippen LogP contribution in [-0.2, 0) is 4.74 Å². The molecule has 0 radical (unpaired) electrons. The van der Waals surface area contributed by atoms with Gasteiger partial charge in [0.15, 0.2) is 0 Å². The van der Waals surface area contributed by atoms with Crippen LogP contribution in [0, 0.1) is 13.8 Å². The van der Waals surface area contributed by atoms with E-state index in [4.69, 9.17) is 9.47 Å². The van der Waals surface area contributed by atoms with Gasteiger partial charge in [-0.25, -0.2) is 0 Å². The summed E-state index contributed by atoms with van der Waals surface area (Å²) in [6, 6.07) is 4.79. The first-order valence-corrected chi connectivity index (χ1v) is 7.43. The van der Waals surface area contributed by atoms with E-state index in [2.05, 4.69) is 31.3 Å². The minimum Gasteiger partial charge on any atom is -0.496 e. The van der Waals surface area contributed by atoms with Crippen LogP contribution in [0.15, 0.2) is 12.1 Å². The van der Waals surface area contributed by atoms with Crippen molar-refractivity contribution in [2.24, 2.45) is 0 Å². The van der Waals surface area contributed by atoms with Crippen molar-refractivity contribution in [1.29, 1.82) is 0 Å². The molecule has 1 saturated carbocycles. The lowest BCUT2D eigenvalue weighted by Crippen LogP contribution is -2.42. The second-order valence-corrected chi connectivity index (χ2v) is 5.97. The summed E-state index contributed by atoms with van der Waals surface area (Å²) in [4.78, 5) is 0. The van der Waals surface area contributed by atoms with E-state index in [1.807, 2.05) is 14.2 Å². The van der Waals surface area contributed by atoms with E-state index < -0.39 is 0 Å². The quantitative estimate of drug-likeness (QED) is 0.863. The number of hydrogen-bond donors (Lipinski definition) is 1. The Labute approximate surface area is 122 Å². The van der Waals surface area contributed by atoms with E-state index in [0.717, 1.165) is 12.2 Å². The fourth-order valence-electron chi connectivity index (χ4n) is 3.33. The number of hydrogen-bond acceptors (Lipinski definition) is 3. The highest BCUT2D eigenvalue weighted by molar-refractivity contribution is 5.44. The van der Waals surface area contributed by atoms with Crippen molar-refractivity contribution >= 4 is 0 Å². The second kappa shape index (κ2) is 6.15. The third kappa shape index (κ3) is 2.84. The first-order chi connectivity index (χ1) is 9.55. The molecule has 3 heteroatoms. The summed E-state index contributed by atoms with van der Waals surface area (Å²) >= 11 is 0. The standard InChI is InChI=1S/C17H27NO2/c1-12-9-14(10-13(2)16(12)19-4)15(18-3)11-17(20-5)7-6-8-17/h9-10,15,18H,6-8,11H2,1-5H3. The van der Waals surface area contributed by atoms with Gasteiger partial charge in [0.05, 0.1) is 12.7 Å². The highest BCUT2D eigenvalue weighted by atomic mass is 16.5. The number of aryl methyl sites for hydroxylation is 2. The van der Waals surface area contributed by atoms with Crippen LogP contribution < -0.4 is 10.1 Å². The van der Waals surface area contributed by atoms with Crippen molar-refractivity contribution in [2.45, 2.75) is 51.2 Å². The molecule has 0 saturated heterocycles. The molecule has 0 aliphatic heterocycles. The van der Waals surface area contributed by atoms with E-state index in [1.165, 1.54) is 36.0 Å². The molecular formula is C17H27NO2. The van der Waals surface area contributed by atoms with E-state index in [0.29, 0.717) is 6.04 Å². The molecule has 0 heterocycles. The predicted molar refractivity (Wildman–Crippen MR) is 82.5 cm³/mol. The van der Waals surface area contributed by atoms with Crippen LogP contribution >= 0.6 is 0 Å². The molecule has 112 valence electrons. The van der Waals surface area contributed by atoms with Crippen LogP contribution in [0.1, 0.15) is 48.4 Å². The SMILES string of the molecule is CNC(CC1(OC)CCC1)c1cc(C)c(OC)c(C)c1. The molecule has 2 rings (SSSR count). The molecule has 1 N–H and O–H groups in total.